The first-order valence-electron chi connectivity index (χ1n) is 6.03. The molecule has 0 atom stereocenters. The van der Waals surface area contributed by atoms with Gasteiger partial charge in [-0.3, -0.25) is 4.79 Å². The maximum atomic E-state index is 12.5. The minimum absolute atomic E-state index is 0.0556. The predicted molar refractivity (Wildman–Crippen MR) is 76.2 cm³/mol. The van der Waals surface area contributed by atoms with E-state index in [1.165, 1.54) is 22.5 Å². The van der Waals surface area contributed by atoms with Crippen LogP contribution >= 0.6 is 11.6 Å². The van der Waals surface area contributed by atoms with Gasteiger partial charge in [-0.15, -0.1) is 0 Å². The molecule has 0 saturated heterocycles. The van der Waals surface area contributed by atoms with E-state index in [2.05, 4.69) is 0 Å². The fourth-order valence-corrected chi connectivity index (χ4v) is 3.51. The molecule has 0 fully saturated rings. The van der Waals surface area contributed by atoms with E-state index in [-0.39, 0.29) is 15.7 Å². The lowest BCUT2D eigenvalue weighted by atomic mass is 10.3. The molecule has 0 aliphatic rings. The number of sulfonamides is 1. The molecule has 2 N–H and O–H groups in total. The molecule has 1 aromatic carbocycles. The van der Waals surface area contributed by atoms with Crippen LogP contribution in [-0.2, 0) is 14.8 Å². The minimum atomic E-state index is -3.73. The smallest absolute Gasteiger partial charge is 0.255 e. The average Bonchev–Trinajstić information content (AvgIpc) is 2.38. The number of benzene rings is 1. The highest BCUT2D eigenvalue weighted by Crippen LogP contribution is 2.29. The van der Waals surface area contributed by atoms with E-state index in [1.54, 1.807) is 13.8 Å². The SMILES string of the molecule is CCN(CC)S(=O)(=O)c1cc(Cl)ccc1OCC(N)=O. The summed E-state index contributed by atoms with van der Waals surface area (Å²) in [5, 5.41) is 0.266. The van der Waals surface area contributed by atoms with Crippen molar-refractivity contribution >= 4 is 27.5 Å². The lowest BCUT2D eigenvalue weighted by molar-refractivity contribution is -0.120. The van der Waals surface area contributed by atoms with Crippen LogP contribution in [0.4, 0.5) is 0 Å². The number of ether oxygens (including phenoxy) is 1. The molecule has 20 heavy (non-hydrogen) atoms. The second-order valence-electron chi connectivity index (χ2n) is 3.94. The molecular weight excluding hydrogens is 304 g/mol. The van der Waals surface area contributed by atoms with Crippen LogP contribution in [-0.4, -0.2) is 38.3 Å². The van der Waals surface area contributed by atoms with Gasteiger partial charge in [-0.05, 0) is 18.2 Å². The number of nitrogens with zero attached hydrogens (tertiary/aromatic N) is 1. The van der Waals surface area contributed by atoms with Crippen molar-refractivity contribution in [3.05, 3.63) is 23.2 Å². The third-order valence-corrected chi connectivity index (χ3v) is 4.91. The molecule has 0 aliphatic heterocycles. The summed E-state index contributed by atoms with van der Waals surface area (Å²) in [7, 11) is -3.73. The highest BCUT2D eigenvalue weighted by atomic mass is 35.5. The molecule has 112 valence electrons. The predicted octanol–water partition coefficient (Wildman–Crippen LogP) is 1.23. The third kappa shape index (κ3) is 3.84. The number of primary amides is 1. The van der Waals surface area contributed by atoms with Crippen molar-refractivity contribution in [2.24, 2.45) is 5.73 Å². The summed E-state index contributed by atoms with van der Waals surface area (Å²) in [4.78, 5) is 10.7. The summed E-state index contributed by atoms with van der Waals surface area (Å²) in [6, 6.07) is 4.19. The Kier molecular flexibility index (Phi) is 5.79. The number of amides is 1. The summed E-state index contributed by atoms with van der Waals surface area (Å²) in [5.74, 6) is -0.633. The van der Waals surface area contributed by atoms with Crippen molar-refractivity contribution in [3.63, 3.8) is 0 Å². The first-order valence-corrected chi connectivity index (χ1v) is 7.85. The maximum absolute atomic E-state index is 12.5. The largest absolute Gasteiger partial charge is 0.482 e. The number of carbonyl (C=O) groups is 1. The van der Waals surface area contributed by atoms with Gasteiger partial charge in [0.25, 0.3) is 5.91 Å². The van der Waals surface area contributed by atoms with Crippen LogP contribution in [0.3, 0.4) is 0 Å². The lowest BCUT2D eigenvalue weighted by Gasteiger charge is -2.20. The average molecular weight is 321 g/mol. The summed E-state index contributed by atoms with van der Waals surface area (Å²) in [5.41, 5.74) is 4.99. The zero-order chi connectivity index (χ0) is 15.3. The van der Waals surface area contributed by atoms with Crippen molar-refractivity contribution < 1.29 is 17.9 Å². The standard InChI is InChI=1S/C12H17ClN2O4S/c1-3-15(4-2)20(17,18)11-7-9(13)5-6-10(11)19-8-12(14)16/h5-7H,3-4,8H2,1-2H3,(H2,14,16). The monoisotopic (exact) mass is 320 g/mol. The van der Waals surface area contributed by atoms with Gasteiger partial charge in [0.1, 0.15) is 10.6 Å². The number of rotatable bonds is 7. The molecular formula is C12H17ClN2O4S. The van der Waals surface area contributed by atoms with E-state index in [1.807, 2.05) is 0 Å². The fraction of sp³-hybridized carbons (Fsp3) is 0.417. The highest BCUT2D eigenvalue weighted by molar-refractivity contribution is 7.89. The van der Waals surface area contributed by atoms with Crippen molar-refractivity contribution in [3.8, 4) is 5.75 Å². The Balaban J connectivity index is 3.27. The molecule has 0 spiro atoms. The molecule has 1 amide bonds. The third-order valence-electron chi connectivity index (χ3n) is 2.60. The Morgan fingerprint density at radius 1 is 1.35 bits per heavy atom. The van der Waals surface area contributed by atoms with E-state index in [9.17, 15) is 13.2 Å². The topological polar surface area (TPSA) is 89.7 Å². The second kappa shape index (κ2) is 6.92. The van der Waals surface area contributed by atoms with E-state index in [4.69, 9.17) is 22.1 Å². The van der Waals surface area contributed by atoms with Gasteiger partial charge in [0.05, 0.1) is 0 Å². The van der Waals surface area contributed by atoms with Crippen molar-refractivity contribution in [2.75, 3.05) is 19.7 Å². The number of hydrogen-bond acceptors (Lipinski definition) is 4. The van der Waals surface area contributed by atoms with Gasteiger partial charge in [-0.2, -0.15) is 4.31 Å². The molecule has 1 rings (SSSR count). The molecule has 0 bridgehead atoms. The van der Waals surface area contributed by atoms with Gasteiger partial charge >= 0.3 is 0 Å². The molecule has 0 radical (unpaired) electrons. The van der Waals surface area contributed by atoms with Crippen LogP contribution in [0.25, 0.3) is 0 Å². The minimum Gasteiger partial charge on any atom is -0.482 e. The highest BCUT2D eigenvalue weighted by Gasteiger charge is 2.26. The van der Waals surface area contributed by atoms with Crippen molar-refractivity contribution in [1.29, 1.82) is 0 Å². The molecule has 0 heterocycles. The van der Waals surface area contributed by atoms with Gasteiger partial charge < -0.3 is 10.5 Å². The van der Waals surface area contributed by atoms with E-state index < -0.39 is 22.5 Å². The van der Waals surface area contributed by atoms with Gasteiger partial charge in [0.15, 0.2) is 6.61 Å². The van der Waals surface area contributed by atoms with E-state index in [0.29, 0.717) is 13.1 Å². The molecule has 0 unspecified atom stereocenters. The maximum Gasteiger partial charge on any atom is 0.255 e. The fourth-order valence-electron chi connectivity index (χ4n) is 1.65. The van der Waals surface area contributed by atoms with Gasteiger partial charge in [-0.1, -0.05) is 25.4 Å². The zero-order valence-corrected chi connectivity index (χ0v) is 12.9. The van der Waals surface area contributed by atoms with Gasteiger partial charge in [-0.25, -0.2) is 8.42 Å². The molecule has 0 aromatic heterocycles. The normalized spacial score (nSPS) is 11.6. The van der Waals surface area contributed by atoms with Gasteiger partial charge in [0.2, 0.25) is 10.0 Å². The summed E-state index contributed by atoms with van der Waals surface area (Å²) < 4.78 is 31.4. The molecule has 0 aliphatic carbocycles. The Labute approximate surface area is 123 Å². The van der Waals surface area contributed by atoms with Crippen molar-refractivity contribution in [2.45, 2.75) is 18.7 Å². The Morgan fingerprint density at radius 3 is 2.45 bits per heavy atom. The molecule has 8 heteroatoms. The second-order valence-corrected chi connectivity index (χ2v) is 6.28. The summed E-state index contributed by atoms with van der Waals surface area (Å²) in [6.07, 6.45) is 0. The van der Waals surface area contributed by atoms with Crippen molar-refractivity contribution in [1.82, 2.24) is 4.31 Å². The summed E-state index contributed by atoms with van der Waals surface area (Å²) in [6.45, 7) is 3.70. The quantitative estimate of drug-likeness (QED) is 0.818. The van der Waals surface area contributed by atoms with Crippen LogP contribution in [0.15, 0.2) is 23.1 Å². The first kappa shape index (κ1) is 16.7. The lowest BCUT2D eigenvalue weighted by Crippen LogP contribution is -2.31. The number of nitrogens with two attached hydrogens (primary N) is 1. The Morgan fingerprint density at radius 2 is 1.95 bits per heavy atom. The summed E-state index contributed by atoms with van der Waals surface area (Å²) >= 11 is 5.85. The number of hydrogen-bond donors (Lipinski definition) is 1. The van der Waals surface area contributed by atoms with Crippen LogP contribution in [0, 0.1) is 0 Å². The first-order chi connectivity index (χ1) is 9.32. The molecule has 1 aromatic rings. The van der Waals surface area contributed by atoms with Crippen LogP contribution in [0.1, 0.15) is 13.8 Å². The zero-order valence-electron chi connectivity index (χ0n) is 11.3. The number of halogens is 1. The molecule has 0 saturated carbocycles. The Bertz CT molecular complexity index is 585. The van der Waals surface area contributed by atoms with E-state index in [0.717, 1.165) is 0 Å². The van der Waals surface area contributed by atoms with E-state index >= 15 is 0 Å². The number of carbonyl (C=O) groups excluding carboxylic acids is 1. The Hall–Kier alpha value is -1.31. The van der Waals surface area contributed by atoms with Crippen LogP contribution in [0.2, 0.25) is 5.02 Å². The molecule has 6 nitrogen and oxygen atoms in total. The van der Waals surface area contributed by atoms with Crippen LogP contribution in [0.5, 0.6) is 5.75 Å². The van der Waals surface area contributed by atoms with Gasteiger partial charge in [0, 0.05) is 18.1 Å². The van der Waals surface area contributed by atoms with Crippen LogP contribution < -0.4 is 10.5 Å².